The monoisotopic (exact) mass is 507 g/mol. The predicted molar refractivity (Wildman–Crippen MR) is 128 cm³/mol. The van der Waals surface area contributed by atoms with E-state index in [4.69, 9.17) is 11.6 Å². The Labute approximate surface area is 186 Å². The van der Waals surface area contributed by atoms with Gasteiger partial charge in [0, 0.05) is 57.4 Å². The number of likely N-dealkylation sites (N-methyl/N-ethyl adjacent to an activating group) is 1. The number of nitrogens with zero attached hydrogens (tertiary/aromatic N) is 3. The van der Waals surface area contributed by atoms with Crippen LogP contribution in [0, 0.1) is 5.92 Å². The summed E-state index contributed by atoms with van der Waals surface area (Å²) in [6, 6.07) is 8.52. The van der Waals surface area contributed by atoms with Crippen molar-refractivity contribution < 1.29 is 0 Å². The number of benzene rings is 1. The predicted octanol–water partition coefficient (Wildman–Crippen LogP) is 2.94. The van der Waals surface area contributed by atoms with Crippen molar-refractivity contribution in [2.45, 2.75) is 26.3 Å². The molecule has 1 aliphatic heterocycles. The number of aliphatic imine (C=N–C) groups is 1. The number of rotatable bonds is 7. The highest BCUT2D eigenvalue weighted by Gasteiger charge is 2.24. The largest absolute Gasteiger partial charge is 0.356 e. The molecule has 0 spiro atoms. The van der Waals surface area contributed by atoms with Crippen molar-refractivity contribution in [3.63, 3.8) is 0 Å². The highest BCUT2D eigenvalue weighted by Crippen LogP contribution is 2.15. The molecule has 5 nitrogen and oxygen atoms in total. The van der Waals surface area contributed by atoms with E-state index in [0.29, 0.717) is 12.0 Å². The fraction of sp³-hybridized carbons (Fsp3) is 0.650. The van der Waals surface area contributed by atoms with Crippen molar-refractivity contribution in [3.8, 4) is 0 Å². The molecule has 2 N–H and O–H groups in total. The summed E-state index contributed by atoms with van der Waals surface area (Å²) in [6.07, 6.45) is 0.881. The van der Waals surface area contributed by atoms with Crippen molar-refractivity contribution in [2.24, 2.45) is 10.9 Å². The molecule has 1 saturated heterocycles. The third-order valence-electron chi connectivity index (χ3n) is 5.12. The van der Waals surface area contributed by atoms with E-state index in [2.05, 4.69) is 52.4 Å². The third kappa shape index (κ3) is 8.13. The number of nitrogens with one attached hydrogen (secondary N) is 2. The summed E-state index contributed by atoms with van der Waals surface area (Å²) < 4.78 is 0. The van der Waals surface area contributed by atoms with Gasteiger partial charge >= 0.3 is 0 Å². The van der Waals surface area contributed by atoms with Crippen molar-refractivity contribution in [3.05, 3.63) is 34.9 Å². The number of guanidine groups is 1. The maximum Gasteiger partial charge on any atom is 0.191 e. The smallest absolute Gasteiger partial charge is 0.191 e. The standard InChI is InChI=1S/C20H34ClN5.HI/c1-16(2)19(26-13-11-25(4)12-14-26)15-24-20(22-3)23-10-9-17-7-5-6-8-18(17)21;/h5-8,16,19H,9-15H2,1-4H3,(H2,22,23,24);1H. The first kappa shape index (κ1) is 24.5. The van der Waals surface area contributed by atoms with Crippen molar-refractivity contribution in [1.82, 2.24) is 20.4 Å². The Morgan fingerprint density at radius 2 is 1.81 bits per heavy atom. The van der Waals surface area contributed by atoms with Crippen LogP contribution in [0.4, 0.5) is 0 Å². The number of piperazine rings is 1. The molecule has 154 valence electrons. The first-order valence-corrected chi connectivity index (χ1v) is 9.99. The molecule has 27 heavy (non-hydrogen) atoms. The van der Waals surface area contributed by atoms with E-state index >= 15 is 0 Å². The van der Waals surface area contributed by atoms with E-state index in [1.54, 1.807) is 0 Å². The molecule has 0 amide bonds. The van der Waals surface area contributed by atoms with E-state index in [-0.39, 0.29) is 24.0 Å². The Bertz CT molecular complexity index is 573. The lowest BCUT2D eigenvalue weighted by Crippen LogP contribution is -2.55. The molecule has 1 aromatic carbocycles. The summed E-state index contributed by atoms with van der Waals surface area (Å²) >= 11 is 6.22. The molecule has 1 aromatic rings. The lowest BCUT2D eigenvalue weighted by atomic mass is 10.0. The van der Waals surface area contributed by atoms with Crippen LogP contribution in [0.3, 0.4) is 0 Å². The van der Waals surface area contributed by atoms with Crippen LogP contribution in [0.25, 0.3) is 0 Å². The fourth-order valence-electron chi connectivity index (χ4n) is 3.38. The Kier molecular flexibility index (Phi) is 11.6. The maximum atomic E-state index is 6.22. The first-order chi connectivity index (χ1) is 12.5. The normalized spacial score (nSPS) is 17.5. The highest BCUT2D eigenvalue weighted by atomic mass is 127. The maximum absolute atomic E-state index is 6.22. The van der Waals surface area contributed by atoms with Crippen LogP contribution in [-0.2, 0) is 6.42 Å². The second-order valence-corrected chi connectivity index (χ2v) is 7.78. The molecule has 1 aliphatic rings. The summed E-state index contributed by atoms with van der Waals surface area (Å²) in [5, 5.41) is 7.74. The minimum atomic E-state index is 0. The Hall–Kier alpha value is -0.570. The van der Waals surface area contributed by atoms with E-state index < -0.39 is 0 Å². The summed E-state index contributed by atoms with van der Waals surface area (Å²) in [7, 11) is 4.02. The molecule has 1 fully saturated rings. The summed E-state index contributed by atoms with van der Waals surface area (Å²) in [4.78, 5) is 9.37. The number of hydrogen-bond acceptors (Lipinski definition) is 3. The SMILES string of the molecule is CN=C(NCCc1ccccc1Cl)NCC(C(C)C)N1CCN(C)CC1.I. The van der Waals surface area contributed by atoms with Gasteiger partial charge in [0.15, 0.2) is 5.96 Å². The first-order valence-electron chi connectivity index (χ1n) is 9.61. The van der Waals surface area contributed by atoms with Gasteiger partial charge in [0.1, 0.15) is 0 Å². The molecule has 0 aromatic heterocycles. The molecule has 0 radical (unpaired) electrons. The zero-order chi connectivity index (χ0) is 18.9. The molecule has 0 bridgehead atoms. The van der Waals surface area contributed by atoms with Gasteiger partial charge in [-0.3, -0.25) is 9.89 Å². The minimum absolute atomic E-state index is 0. The van der Waals surface area contributed by atoms with Gasteiger partial charge in [0.2, 0.25) is 0 Å². The third-order valence-corrected chi connectivity index (χ3v) is 5.49. The lowest BCUT2D eigenvalue weighted by Gasteiger charge is -2.40. The van der Waals surface area contributed by atoms with Gasteiger partial charge in [-0.1, -0.05) is 43.6 Å². The van der Waals surface area contributed by atoms with Gasteiger partial charge in [0.05, 0.1) is 0 Å². The van der Waals surface area contributed by atoms with Crippen LogP contribution in [0.2, 0.25) is 5.02 Å². The lowest BCUT2D eigenvalue weighted by molar-refractivity contribution is 0.0900. The molecule has 1 atom stereocenters. The van der Waals surface area contributed by atoms with Crippen LogP contribution < -0.4 is 10.6 Å². The van der Waals surface area contributed by atoms with Gasteiger partial charge in [-0.25, -0.2) is 0 Å². The van der Waals surface area contributed by atoms with Gasteiger partial charge in [-0.05, 0) is 31.0 Å². The van der Waals surface area contributed by atoms with Gasteiger partial charge in [-0.15, -0.1) is 24.0 Å². The summed E-state index contributed by atoms with van der Waals surface area (Å²) in [6.45, 7) is 10.9. The average molecular weight is 508 g/mol. The quantitative estimate of drug-likeness (QED) is 0.338. The van der Waals surface area contributed by atoms with Crippen LogP contribution in [-0.4, -0.2) is 75.2 Å². The van der Waals surface area contributed by atoms with Crippen LogP contribution in [0.1, 0.15) is 19.4 Å². The van der Waals surface area contributed by atoms with Gasteiger partial charge in [0.25, 0.3) is 0 Å². The second-order valence-electron chi connectivity index (χ2n) is 7.37. The Balaban J connectivity index is 0.00000364. The van der Waals surface area contributed by atoms with E-state index in [1.165, 1.54) is 0 Å². The molecule has 7 heteroatoms. The van der Waals surface area contributed by atoms with Crippen LogP contribution in [0.15, 0.2) is 29.3 Å². The fourth-order valence-corrected chi connectivity index (χ4v) is 3.61. The molecule has 0 aliphatic carbocycles. The zero-order valence-corrected chi connectivity index (χ0v) is 20.1. The van der Waals surface area contributed by atoms with Crippen molar-refractivity contribution in [2.75, 3.05) is 53.4 Å². The number of hydrogen-bond donors (Lipinski definition) is 2. The highest BCUT2D eigenvalue weighted by molar-refractivity contribution is 14.0. The zero-order valence-electron chi connectivity index (χ0n) is 17.0. The van der Waals surface area contributed by atoms with Crippen LogP contribution in [0.5, 0.6) is 0 Å². The van der Waals surface area contributed by atoms with Crippen molar-refractivity contribution >= 4 is 41.5 Å². The van der Waals surface area contributed by atoms with Gasteiger partial charge < -0.3 is 15.5 Å². The van der Waals surface area contributed by atoms with E-state index in [0.717, 1.165) is 62.2 Å². The van der Waals surface area contributed by atoms with Crippen LogP contribution >= 0.6 is 35.6 Å². The number of halogens is 2. The summed E-state index contributed by atoms with van der Waals surface area (Å²) in [5.74, 6) is 1.46. The Morgan fingerprint density at radius 3 is 2.41 bits per heavy atom. The average Bonchev–Trinajstić information content (AvgIpc) is 2.63. The second kappa shape index (κ2) is 12.8. The van der Waals surface area contributed by atoms with E-state index in [1.807, 2.05) is 25.2 Å². The topological polar surface area (TPSA) is 42.9 Å². The minimum Gasteiger partial charge on any atom is -0.356 e. The Morgan fingerprint density at radius 1 is 1.15 bits per heavy atom. The molecular weight excluding hydrogens is 473 g/mol. The van der Waals surface area contributed by atoms with E-state index in [9.17, 15) is 0 Å². The molecule has 0 saturated carbocycles. The molecule has 1 unspecified atom stereocenters. The van der Waals surface area contributed by atoms with Crippen molar-refractivity contribution in [1.29, 1.82) is 0 Å². The summed E-state index contributed by atoms with van der Waals surface area (Å²) in [5.41, 5.74) is 1.16. The molecular formula is C20H35ClIN5. The molecule has 1 heterocycles. The van der Waals surface area contributed by atoms with Gasteiger partial charge in [-0.2, -0.15) is 0 Å². The molecule has 2 rings (SSSR count).